The molecule has 0 unspecified atom stereocenters. The van der Waals surface area contributed by atoms with Crippen LogP contribution in [0.5, 0.6) is 0 Å². The fraction of sp³-hybridized carbons (Fsp3) is 0.294. The van der Waals surface area contributed by atoms with E-state index in [4.69, 9.17) is 0 Å². The Morgan fingerprint density at radius 3 is 2.95 bits per heavy atom. The minimum atomic E-state index is -0.124. The molecule has 0 aliphatic heterocycles. The number of anilines is 1. The molecular formula is C17H17N3OS. The largest absolute Gasteiger partial charge is 0.351 e. The van der Waals surface area contributed by atoms with E-state index in [0.717, 1.165) is 29.4 Å². The van der Waals surface area contributed by atoms with Crippen molar-refractivity contribution in [3.63, 3.8) is 0 Å². The van der Waals surface area contributed by atoms with Gasteiger partial charge in [-0.1, -0.05) is 6.07 Å². The summed E-state index contributed by atoms with van der Waals surface area (Å²) >= 11 is 1.60. The first-order chi connectivity index (χ1) is 10.6. The minimum Gasteiger partial charge on any atom is -0.351 e. The van der Waals surface area contributed by atoms with Gasteiger partial charge in [0.1, 0.15) is 5.69 Å². The van der Waals surface area contributed by atoms with Crippen molar-refractivity contribution in [2.24, 2.45) is 0 Å². The zero-order valence-corrected chi connectivity index (χ0v) is 13.4. The molecule has 1 aromatic carbocycles. The van der Waals surface area contributed by atoms with Crippen LogP contribution < -0.4 is 5.32 Å². The molecule has 0 fully saturated rings. The number of benzene rings is 1. The van der Waals surface area contributed by atoms with E-state index in [1.54, 1.807) is 11.3 Å². The maximum atomic E-state index is 12.4. The van der Waals surface area contributed by atoms with Crippen LogP contribution in [0, 0.1) is 13.8 Å². The Bertz CT molecular complexity index is 869. The number of H-pyrrole nitrogens is 1. The molecule has 1 aliphatic rings. The highest BCUT2D eigenvalue weighted by molar-refractivity contribution is 7.15. The van der Waals surface area contributed by atoms with Crippen LogP contribution in [0.1, 0.15) is 38.6 Å². The molecule has 0 saturated heterocycles. The van der Waals surface area contributed by atoms with Gasteiger partial charge in [-0.3, -0.25) is 10.1 Å². The third-order valence-corrected chi connectivity index (χ3v) is 5.22. The summed E-state index contributed by atoms with van der Waals surface area (Å²) < 4.78 is 0. The highest BCUT2D eigenvalue weighted by Gasteiger charge is 2.19. The number of thiazole rings is 1. The van der Waals surface area contributed by atoms with Crippen molar-refractivity contribution in [1.82, 2.24) is 9.97 Å². The van der Waals surface area contributed by atoms with E-state index in [0.29, 0.717) is 10.8 Å². The molecule has 1 amide bonds. The molecule has 0 radical (unpaired) electrons. The Balaban J connectivity index is 1.63. The Labute approximate surface area is 132 Å². The second-order valence-electron chi connectivity index (χ2n) is 5.92. The van der Waals surface area contributed by atoms with Crippen LogP contribution in [-0.2, 0) is 12.8 Å². The van der Waals surface area contributed by atoms with Crippen molar-refractivity contribution < 1.29 is 4.79 Å². The molecule has 4 nitrogen and oxygen atoms in total. The highest BCUT2D eigenvalue weighted by Crippen LogP contribution is 2.30. The van der Waals surface area contributed by atoms with Gasteiger partial charge >= 0.3 is 0 Å². The number of hydrogen-bond donors (Lipinski definition) is 2. The summed E-state index contributed by atoms with van der Waals surface area (Å²) in [6, 6.07) is 6.11. The number of amides is 1. The number of carbonyl (C=O) groups is 1. The predicted molar refractivity (Wildman–Crippen MR) is 89.9 cm³/mol. The van der Waals surface area contributed by atoms with Crippen LogP contribution >= 0.6 is 11.3 Å². The molecular weight excluding hydrogens is 294 g/mol. The van der Waals surface area contributed by atoms with Crippen LogP contribution in [0.25, 0.3) is 10.9 Å². The number of aromatic amines is 1. The van der Waals surface area contributed by atoms with Crippen LogP contribution in [0.15, 0.2) is 18.2 Å². The van der Waals surface area contributed by atoms with Crippen molar-refractivity contribution >= 4 is 33.3 Å². The quantitative estimate of drug-likeness (QED) is 0.752. The Morgan fingerprint density at radius 2 is 2.14 bits per heavy atom. The van der Waals surface area contributed by atoms with Gasteiger partial charge < -0.3 is 4.98 Å². The number of rotatable bonds is 2. The van der Waals surface area contributed by atoms with Gasteiger partial charge in [0, 0.05) is 15.8 Å². The SMILES string of the molecule is Cc1cc(C)c2cc(C(=O)Nc3nc4c(s3)CCC4)[nH]c2c1. The summed E-state index contributed by atoms with van der Waals surface area (Å²) in [4.78, 5) is 21.5. The lowest BCUT2D eigenvalue weighted by molar-refractivity contribution is 0.102. The number of aromatic nitrogens is 2. The second-order valence-corrected chi connectivity index (χ2v) is 7.01. The number of aryl methyl sites for hydroxylation is 4. The van der Waals surface area contributed by atoms with E-state index < -0.39 is 0 Å². The van der Waals surface area contributed by atoms with Gasteiger partial charge in [0.25, 0.3) is 5.91 Å². The van der Waals surface area contributed by atoms with Gasteiger partial charge in [-0.15, -0.1) is 11.3 Å². The van der Waals surface area contributed by atoms with E-state index in [1.165, 1.54) is 22.4 Å². The van der Waals surface area contributed by atoms with Gasteiger partial charge in [0.05, 0.1) is 5.69 Å². The first-order valence-corrected chi connectivity index (χ1v) is 8.32. The van der Waals surface area contributed by atoms with Crippen LogP contribution in [0.2, 0.25) is 0 Å². The molecule has 0 saturated carbocycles. The normalized spacial score (nSPS) is 13.5. The minimum absolute atomic E-state index is 0.124. The van der Waals surface area contributed by atoms with E-state index in [1.807, 2.05) is 6.07 Å². The van der Waals surface area contributed by atoms with Crippen LogP contribution in [0.4, 0.5) is 5.13 Å². The molecule has 2 N–H and O–H groups in total. The zero-order chi connectivity index (χ0) is 15.3. The lowest BCUT2D eigenvalue weighted by Gasteiger charge is -1.98. The molecule has 0 atom stereocenters. The van der Waals surface area contributed by atoms with Crippen LogP contribution in [-0.4, -0.2) is 15.9 Å². The smallest absolute Gasteiger partial charge is 0.273 e. The Morgan fingerprint density at radius 1 is 1.27 bits per heavy atom. The maximum Gasteiger partial charge on any atom is 0.273 e. The van der Waals surface area contributed by atoms with E-state index in [2.05, 4.69) is 41.3 Å². The van der Waals surface area contributed by atoms with Crippen molar-refractivity contribution in [1.29, 1.82) is 0 Å². The average molecular weight is 311 g/mol. The predicted octanol–water partition coefficient (Wildman–Crippen LogP) is 3.98. The Kier molecular flexibility index (Phi) is 3.04. The fourth-order valence-corrected chi connectivity index (χ4v) is 4.17. The lowest BCUT2D eigenvalue weighted by atomic mass is 10.1. The third-order valence-electron chi connectivity index (χ3n) is 4.15. The molecule has 0 bridgehead atoms. The van der Waals surface area contributed by atoms with Crippen molar-refractivity contribution in [2.45, 2.75) is 33.1 Å². The summed E-state index contributed by atoms with van der Waals surface area (Å²) in [5.74, 6) is -0.124. The lowest BCUT2D eigenvalue weighted by Crippen LogP contribution is -2.12. The highest BCUT2D eigenvalue weighted by atomic mass is 32.1. The van der Waals surface area contributed by atoms with Gasteiger partial charge in [-0.05, 0) is 56.4 Å². The summed E-state index contributed by atoms with van der Waals surface area (Å²) in [6.45, 7) is 4.13. The van der Waals surface area contributed by atoms with Crippen molar-refractivity contribution in [3.8, 4) is 0 Å². The van der Waals surface area contributed by atoms with Crippen molar-refractivity contribution in [3.05, 3.63) is 45.6 Å². The maximum absolute atomic E-state index is 12.4. The van der Waals surface area contributed by atoms with Gasteiger partial charge in [-0.25, -0.2) is 4.98 Å². The Hall–Kier alpha value is -2.14. The van der Waals surface area contributed by atoms with E-state index >= 15 is 0 Å². The summed E-state index contributed by atoms with van der Waals surface area (Å²) in [5, 5.41) is 4.72. The molecule has 112 valence electrons. The number of hydrogen-bond acceptors (Lipinski definition) is 3. The van der Waals surface area contributed by atoms with Gasteiger partial charge in [0.2, 0.25) is 0 Å². The monoisotopic (exact) mass is 311 g/mol. The standard InChI is InChI=1S/C17H17N3OS/c1-9-6-10(2)11-8-14(18-13(11)7-9)16(21)20-17-19-12-4-3-5-15(12)22-17/h6-8,18H,3-5H2,1-2H3,(H,19,20,21). The summed E-state index contributed by atoms with van der Waals surface area (Å²) in [7, 11) is 0. The summed E-state index contributed by atoms with van der Waals surface area (Å²) in [6.07, 6.45) is 3.31. The number of nitrogens with zero attached hydrogens (tertiary/aromatic N) is 1. The van der Waals surface area contributed by atoms with E-state index in [9.17, 15) is 4.79 Å². The third kappa shape index (κ3) is 2.22. The molecule has 2 heterocycles. The van der Waals surface area contributed by atoms with Gasteiger partial charge in [-0.2, -0.15) is 0 Å². The second kappa shape index (κ2) is 4.95. The summed E-state index contributed by atoms with van der Waals surface area (Å²) in [5.41, 5.74) is 5.11. The average Bonchev–Trinajstić information content (AvgIpc) is 3.11. The molecule has 2 aromatic heterocycles. The van der Waals surface area contributed by atoms with Crippen LogP contribution in [0.3, 0.4) is 0 Å². The topological polar surface area (TPSA) is 57.8 Å². The van der Waals surface area contributed by atoms with Gasteiger partial charge in [0.15, 0.2) is 5.13 Å². The number of carbonyl (C=O) groups excluding carboxylic acids is 1. The first-order valence-electron chi connectivity index (χ1n) is 7.50. The molecule has 4 rings (SSSR count). The zero-order valence-electron chi connectivity index (χ0n) is 12.6. The molecule has 3 aromatic rings. The number of fused-ring (bicyclic) bond motifs is 2. The molecule has 5 heteroatoms. The van der Waals surface area contributed by atoms with Crippen molar-refractivity contribution in [2.75, 3.05) is 5.32 Å². The molecule has 22 heavy (non-hydrogen) atoms. The fourth-order valence-electron chi connectivity index (χ4n) is 3.13. The number of nitrogens with one attached hydrogen (secondary N) is 2. The molecule has 1 aliphatic carbocycles. The van der Waals surface area contributed by atoms with E-state index in [-0.39, 0.29) is 5.91 Å². The first kappa shape index (κ1) is 13.5. The molecule has 0 spiro atoms.